The largest absolute Gasteiger partial charge is 0.368 e. The van der Waals surface area contributed by atoms with Crippen LogP contribution < -0.4 is 11.1 Å². The Labute approximate surface area is 63.7 Å². The molecule has 1 rings (SSSR count). The maximum Gasteiger partial charge on any atom is 0.236 e. The molecule has 5 nitrogen and oxygen atoms in total. The number of carbonyl (C=O) groups excluding carboxylic acids is 1. The van der Waals surface area contributed by atoms with E-state index in [4.69, 9.17) is 5.73 Å². The number of rotatable bonds is 3. The number of hydrogen-bond donors (Lipinski definition) is 2. The summed E-state index contributed by atoms with van der Waals surface area (Å²) in [6.07, 6.45) is 2.97. The average Bonchev–Trinajstić information content (AvgIpc) is 2.03. The van der Waals surface area contributed by atoms with Crippen molar-refractivity contribution in [1.29, 1.82) is 0 Å². The Morgan fingerprint density at radius 2 is 2.55 bits per heavy atom. The molecule has 0 aliphatic heterocycles. The molecule has 1 heterocycles. The maximum absolute atomic E-state index is 10.3. The Balaban J connectivity index is 2.45. The molecular weight excluding hydrogens is 144 g/mol. The number of nitrogens with one attached hydrogen (secondary N) is 1. The lowest BCUT2D eigenvalue weighted by Crippen LogP contribution is -2.22. The molecule has 3 N–H and O–H groups in total. The highest BCUT2D eigenvalue weighted by atomic mass is 16.1. The molecule has 1 aromatic heterocycles. The molecule has 0 aromatic carbocycles. The first-order valence-electron chi connectivity index (χ1n) is 3.07. The fourth-order valence-electron chi connectivity index (χ4n) is 0.573. The minimum absolute atomic E-state index is 0.0943. The van der Waals surface area contributed by atoms with E-state index in [9.17, 15) is 4.79 Å². The van der Waals surface area contributed by atoms with Crippen molar-refractivity contribution in [2.75, 3.05) is 11.9 Å². The van der Waals surface area contributed by atoms with Gasteiger partial charge >= 0.3 is 0 Å². The molecule has 0 spiro atoms. The summed E-state index contributed by atoms with van der Waals surface area (Å²) in [4.78, 5) is 17.8. The number of hydrogen-bond acceptors (Lipinski definition) is 4. The van der Waals surface area contributed by atoms with Crippen molar-refractivity contribution in [3.63, 3.8) is 0 Å². The topological polar surface area (TPSA) is 80.9 Å². The molecule has 0 saturated carbocycles. The molecule has 0 radical (unpaired) electrons. The van der Waals surface area contributed by atoms with Crippen LogP contribution >= 0.6 is 0 Å². The summed E-state index contributed by atoms with van der Waals surface area (Å²) < 4.78 is 0. The van der Waals surface area contributed by atoms with Crippen molar-refractivity contribution >= 4 is 11.7 Å². The van der Waals surface area contributed by atoms with Gasteiger partial charge in [-0.05, 0) is 6.07 Å². The predicted octanol–water partition coefficient (Wildman–Crippen LogP) is -0.626. The number of nitrogens with zero attached hydrogens (tertiary/aromatic N) is 2. The number of carbonyl (C=O) groups is 1. The van der Waals surface area contributed by atoms with E-state index in [1.807, 2.05) is 0 Å². The molecule has 5 heteroatoms. The fraction of sp³-hybridized carbons (Fsp3) is 0.167. The van der Waals surface area contributed by atoms with Gasteiger partial charge in [0, 0.05) is 6.20 Å². The molecular formula is C6H8N4O. The summed E-state index contributed by atoms with van der Waals surface area (Å²) in [6.45, 7) is 0.0943. The summed E-state index contributed by atoms with van der Waals surface area (Å²) in [5, 5.41) is 2.72. The van der Waals surface area contributed by atoms with Gasteiger partial charge < -0.3 is 11.1 Å². The highest BCUT2D eigenvalue weighted by Gasteiger charge is 1.93. The van der Waals surface area contributed by atoms with Crippen LogP contribution in [-0.4, -0.2) is 22.4 Å². The van der Waals surface area contributed by atoms with Crippen LogP contribution in [0.3, 0.4) is 0 Å². The van der Waals surface area contributed by atoms with E-state index in [-0.39, 0.29) is 6.54 Å². The second-order valence-electron chi connectivity index (χ2n) is 1.91. The van der Waals surface area contributed by atoms with Gasteiger partial charge in [0.15, 0.2) is 0 Å². The molecule has 11 heavy (non-hydrogen) atoms. The van der Waals surface area contributed by atoms with Gasteiger partial charge in [0.1, 0.15) is 12.1 Å². The van der Waals surface area contributed by atoms with Crippen LogP contribution in [0.2, 0.25) is 0 Å². The summed E-state index contributed by atoms with van der Waals surface area (Å²) in [5.74, 6) is 0.183. The van der Waals surface area contributed by atoms with Crippen LogP contribution in [0.1, 0.15) is 0 Å². The van der Waals surface area contributed by atoms with Gasteiger partial charge in [0.25, 0.3) is 0 Å². The third-order valence-corrected chi connectivity index (χ3v) is 1.03. The molecule has 1 aromatic rings. The Bertz CT molecular complexity index is 236. The number of aromatic nitrogens is 2. The Hall–Kier alpha value is -1.65. The van der Waals surface area contributed by atoms with Gasteiger partial charge in [-0.2, -0.15) is 0 Å². The van der Waals surface area contributed by atoms with Crippen LogP contribution in [-0.2, 0) is 4.79 Å². The average molecular weight is 152 g/mol. The lowest BCUT2D eigenvalue weighted by molar-refractivity contribution is -0.116. The standard InChI is InChI=1S/C6H8N4O/c7-5(11)3-9-6-1-2-8-4-10-6/h1-2,4H,3H2,(H2,7,11)(H,8,9,10). The van der Waals surface area contributed by atoms with Crippen LogP contribution in [0.5, 0.6) is 0 Å². The van der Waals surface area contributed by atoms with E-state index in [2.05, 4.69) is 15.3 Å². The monoisotopic (exact) mass is 152 g/mol. The lowest BCUT2D eigenvalue weighted by Gasteiger charge is -1.99. The minimum Gasteiger partial charge on any atom is -0.368 e. The molecule has 0 fully saturated rings. The molecule has 1 amide bonds. The zero-order valence-corrected chi connectivity index (χ0v) is 5.82. The van der Waals surface area contributed by atoms with E-state index in [0.29, 0.717) is 5.82 Å². The van der Waals surface area contributed by atoms with Gasteiger partial charge in [-0.15, -0.1) is 0 Å². The third-order valence-electron chi connectivity index (χ3n) is 1.03. The first-order valence-corrected chi connectivity index (χ1v) is 3.07. The summed E-state index contributed by atoms with van der Waals surface area (Å²) in [6, 6.07) is 1.66. The highest BCUT2D eigenvalue weighted by molar-refractivity contribution is 5.78. The van der Waals surface area contributed by atoms with E-state index in [0.717, 1.165) is 0 Å². The Morgan fingerprint density at radius 3 is 3.09 bits per heavy atom. The first kappa shape index (κ1) is 7.46. The van der Waals surface area contributed by atoms with Crippen molar-refractivity contribution in [3.8, 4) is 0 Å². The summed E-state index contributed by atoms with van der Waals surface area (Å²) in [7, 11) is 0. The molecule has 0 atom stereocenters. The Morgan fingerprint density at radius 1 is 1.73 bits per heavy atom. The van der Waals surface area contributed by atoms with Gasteiger partial charge in [-0.25, -0.2) is 9.97 Å². The molecule has 0 saturated heterocycles. The predicted molar refractivity (Wildman–Crippen MR) is 39.7 cm³/mol. The molecule has 0 unspecified atom stereocenters. The van der Waals surface area contributed by atoms with Gasteiger partial charge in [0.05, 0.1) is 6.54 Å². The van der Waals surface area contributed by atoms with Crippen molar-refractivity contribution in [1.82, 2.24) is 9.97 Å². The quantitative estimate of drug-likeness (QED) is 0.604. The summed E-state index contributed by atoms with van der Waals surface area (Å²) >= 11 is 0. The van der Waals surface area contributed by atoms with Crippen molar-refractivity contribution in [2.45, 2.75) is 0 Å². The zero-order chi connectivity index (χ0) is 8.10. The number of anilines is 1. The number of amides is 1. The van der Waals surface area contributed by atoms with E-state index in [1.165, 1.54) is 6.33 Å². The smallest absolute Gasteiger partial charge is 0.236 e. The first-order chi connectivity index (χ1) is 5.29. The Kier molecular flexibility index (Phi) is 2.37. The summed E-state index contributed by atoms with van der Waals surface area (Å²) in [5.41, 5.74) is 4.90. The molecule has 58 valence electrons. The highest BCUT2D eigenvalue weighted by Crippen LogP contribution is 1.95. The zero-order valence-electron chi connectivity index (χ0n) is 5.82. The number of primary amides is 1. The van der Waals surface area contributed by atoms with E-state index in [1.54, 1.807) is 12.3 Å². The maximum atomic E-state index is 10.3. The van der Waals surface area contributed by atoms with Gasteiger partial charge in [-0.1, -0.05) is 0 Å². The van der Waals surface area contributed by atoms with Crippen molar-refractivity contribution in [3.05, 3.63) is 18.6 Å². The third kappa shape index (κ3) is 2.61. The minimum atomic E-state index is -0.413. The fourth-order valence-corrected chi connectivity index (χ4v) is 0.573. The van der Waals surface area contributed by atoms with Crippen molar-refractivity contribution < 1.29 is 4.79 Å². The van der Waals surface area contributed by atoms with Crippen LogP contribution in [0.25, 0.3) is 0 Å². The van der Waals surface area contributed by atoms with Gasteiger partial charge in [-0.3, -0.25) is 4.79 Å². The van der Waals surface area contributed by atoms with Crippen LogP contribution in [0.4, 0.5) is 5.82 Å². The van der Waals surface area contributed by atoms with E-state index >= 15 is 0 Å². The van der Waals surface area contributed by atoms with Gasteiger partial charge in [0.2, 0.25) is 5.91 Å². The molecule has 0 aliphatic carbocycles. The molecule has 0 aliphatic rings. The number of nitrogens with two attached hydrogens (primary N) is 1. The SMILES string of the molecule is NC(=O)CNc1ccncn1. The van der Waals surface area contributed by atoms with E-state index < -0.39 is 5.91 Å². The lowest BCUT2D eigenvalue weighted by atomic mass is 10.5. The second-order valence-corrected chi connectivity index (χ2v) is 1.91. The molecule has 0 bridgehead atoms. The van der Waals surface area contributed by atoms with Crippen molar-refractivity contribution in [2.24, 2.45) is 5.73 Å². The second kappa shape index (κ2) is 3.50. The van der Waals surface area contributed by atoms with Crippen LogP contribution in [0, 0.1) is 0 Å². The van der Waals surface area contributed by atoms with Crippen LogP contribution in [0.15, 0.2) is 18.6 Å². The normalized spacial score (nSPS) is 9.09.